The molecule has 0 radical (unpaired) electrons. The molecule has 0 spiro atoms. The van der Waals surface area contributed by atoms with Crippen LogP contribution in [0.1, 0.15) is 30.6 Å². The standard InChI is InChI=1S/C14H20N2O3/c1-3-16(4-2)14(17)11-5-7-15-13(9-11)19-12-6-8-18-10-12/h5,7,9,12H,3-4,6,8,10H2,1-2H3. The average molecular weight is 264 g/mol. The van der Waals surface area contributed by atoms with E-state index in [0.29, 0.717) is 31.1 Å². The van der Waals surface area contributed by atoms with Gasteiger partial charge in [-0.1, -0.05) is 0 Å². The molecule has 1 amide bonds. The minimum absolute atomic E-state index is 0.0138. The van der Waals surface area contributed by atoms with Gasteiger partial charge in [0.25, 0.3) is 5.91 Å². The molecule has 1 atom stereocenters. The molecule has 0 aromatic carbocycles. The minimum atomic E-state index is 0.0138. The predicted molar refractivity (Wildman–Crippen MR) is 71.3 cm³/mol. The molecule has 0 N–H and O–H groups in total. The van der Waals surface area contributed by atoms with Crippen molar-refractivity contribution in [1.29, 1.82) is 0 Å². The van der Waals surface area contributed by atoms with E-state index < -0.39 is 0 Å². The van der Waals surface area contributed by atoms with Gasteiger partial charge in [0.1, 0.15) is 6.10 Å². The summed E-state index contributed by atoms with van der Waals surface area (Å²) in [4.78, 5) is 18.1. The van der Waals surface area contributed by atoms with Crippen LogP contribution in [-0.4, -0.2) is 48.2 Å². The Morgan fingerprint density at radius 3 is 2.95 bits per heavy atom. The van der Waals surface area contributed by atoms with Gasteiger partial charge in [-0.25, -0.2) is 4.98 Å². The van der Waals surface area contributed by atoms with Crippen LogP contribution in [0.3, 0.4) is 0 Å². The van der Waals surface area contributed by atoms with Gasteiger partial charge in [0, 0.05) is 37.3 Å². The van der Waals surface area contributed by atoms with E-state index in [-0.39, 0.29) is 12.0 Å². The molecule has 0 bridgehead atoms. The van der Waals surface area contributed by atoms with E-state index in [9.17, 15) is 4.79 Å². The molecule has 2 heterocycles. The molecule has 1 aromatic rings. The maximum Gasteiger partial charge on any atom is 0.254 e. The Hall–Kier alpha value is -1.62. The van der Waals surface area contributed by atoms with Crippen molar-refractivity contribution in [2.24, 2.45) is 0 Å². The largest absolute Gasteiger partial charge is 0.472 e. The van der Waals surface area contributed by atoms with Crippen LogP contribution >= 0.6 is 0 Å². The van der Waals surface area contributed by atoms with Crippen molar-refractivity contribution in [3.63, 3.8) is 0 Å². The van der Waals surface area contributed by atoms with Gasteiger partial charge in [0.2, 0.25) is 5.88 Å². The van der Waals surface area contributed by atoms with Gasteiger partial charge in [-0.3, -0.25) is 4.79 Å². The second-order valence-electron chi connectivity index (χ2n) is 4.46. The normalized spacial score (nSPS) is 18.3. The summed E-state index contributed by atoms with van der Waals surface area (Å²) in [5.41, 5.74) is 0.618. The Morgan fingerprint density at radius 1 is 1.53 bits per heavy atom. The highest BCUT2D eigenvalue weighted by atomic mass is 16.5. The molecule has 1 fully saturated rings. The summed E-state index contributed by atoms with van der Waals surface area (Å²) in [6.07, 6.45) is 2.53. The van der Waals surface area contributed by atoms with Crippen molar-refractivity contribution in [1.82, 2.24) is 9.88 Å². The lowest BCUT2D eigenvalue weighted by Gasteiger charge is -2.19. The highest BCUT2D eigenvalue weighted by molar-refractivity contribution is 5.94. The number of carbonyl (C=O) groups excluding carboxylic acids is 1. The van der Waals surface area contributed by atoms with Crippen LogP contribution in [0, 0.1) is 0 Å². The molecule has 1 unspecified atom stereocenters. The zero-order chi connectivity index (χ0) is 13.7. The molecule has 1 aliphatic heterocycles. The fourth-order valence-electron chi connectivity index (χ4n) is 2.08. The van der Waals surface area contributed by atoms with Crippen LogP contribution in [0.5, 0.6) is 5.88 Å². The first-order valence-corrected chi connectivity index (χ1v) is 6.74. The Balaban J connectivity index is 2.07. The first-order valence-electron chi connectivity index (χ1n) is 6.74. The van der Waals surface area contributed by atoms with Crippen LogP contribution in [0.4, 0.5) is 0 Å². The number of amides is 1. The van der Waals surface area contributed by atoms with E-state index in [1.807, 2.05) is 13.8 Å². The summed E-state index contributed by atoms with van der Waals surface area (Å²) in [6, 6.07) is 3.43. The number of nitrogens with zero attached hydrogens (tertiary/aromatic N) is 2. The van der Waals surface area contributed by atoms with Crippen molar-refractivity contribution in [3.8, 4) is 5.88 Å². The van der Waals surface area contributed by atoms with Crippen LogP contribution in [0.2, 0.25) is 0 Å². The van der Waals surface area contributed by atoms with Crippen molar-refractivity contribution in [2.75, 3.05) is 26.3 Å². The Bertz CT molecular complexity index is 426. The Kier molecular flexibility index (Phi) is 4.74. The number of pyridine rings is 1. The lowest BCUT2D eigenvalue weighted by molar-refractivity contribution is 0.0771. The van der Waals surface area contributed by atoms with E-state index in [4.69, 9.17) is 9.47 Å². The topological polar surface area (TPSA) is 51.7 Å². The van der Waals surface area contributed by atoms with Gasteiger partial charge in [-0.2, -0.15) is 0 Å². The van der Waals surface area contributed by atoms with E-state index in [1.54, 1.807) is 23.2 Å². The Morgan fingerprint density at radius 2 is 2.32 bits per heavy atom. The van der Waals surface area contributed by atoms with Crippen LogP contribution in [-0.2, 0) is 4.74 Å². The third kappa shape index (κ3) is 3.44. The molecule has 1 saturated heterocycles. The van der Waals surface area contributed by atoms with Crippen LogP contribution in [0.15, 0.2) is 18.3 Å². The third-order valence-corrected chi connectivity index (χ3v) is 3.21. The maximum absolute atomic E-state index is 12.2. The molecule has 5 heteroatoms. The fraction of sp³-hybridized carbons (Fsp3) is 0.571. The molecule has 0 aliphatic carbocycles. The van der Waals surface area contributed by atoms with E-state index in [1.165, 1.54) is 0 Å². The SMILES string of the molecule is CCN(CC)C(=O)c1ccnc(OC2CCOC2)c1. The van der Waals surface area contributed by atoms with Gasteiger partial charge < -0.3 is 14.4 Å². The molecule has 1 aliphatic rings. The van der Waals surface area contributed by atoms with Gasteiger partial charge in [-0.05, 0) is 19.9 Å². The number of aromatic nitrogens is 1. The second-order valence-corrected chi connectivity index (χ2v) is 4.46. The zero-order valence-corrected chi connectivity index (χ0v) is 11.5. The molecule has 5 nitrogen and oxygen atoms in total. The number of hydrogen-bond acceptors (Lipinski definition) is 4. The summed E-state index contributed by atoms with van der Waals surface area (Å²) < 4.78 is 11.0. The molecular formula is C14H20N2O3. The smallest absolute Gasteiger partial charge is 0.254 e. The van der Waals surface area contributed by atoms with Crippen LogP contribution < -0.4 is 4.74 Å². The number of hydrogen-bond donors (Lipinski definition) is 0. The van der Waals surface area contributed by atoms with Crippen LogP contribution in [0.25, 0.3) is 0 Å². The van der Waals surface area contributed by atoms with E-state index in [2.05, 4.69) is 4.98 Å². The summed E-state index contributed by atoms with van der Waals surface area (Å²) >= 11 is 0. The maximum atomic E-state index is 12.2. The van der Waals surface area contributed by atoms with Crippen molar-refractivity contribution >= 4 is 5.91 Å². The first-order chi connectivity index (χ1) is 9.24. The van der Waals surface area contributed by atoms with Gasteiger partial charge in [-0.15, -0.1) is 0 Å². The minimum Gasteiger partial charge on any atom is -0.472 e. The first kappa shape index (κ1) is 13.8. The highest BCUT2D eigenvalue weighted by Gasteiger charge is 2.19. The summed E-state index contributed by atoms with van der Waals surface area (Å²) in [5, 5.41) is 0. The number of rotatable bonds is 5. The van der Waals surface area contributed by atoms with E-state index in [0.717, 1.165) is 13.0 Å². The molecule has 0 saturated carbocycles. The zero-order valence-electron chi connectivity index (χ0n) is 11.5. The molecule has 1 aromatic heterocycles. The van der Waals surface area contributed by atoms with Gasteiger partial charge >= 0.3 is 0 Å². The lowest BCUT2D eigenvalue weighted by Crippen LogP contribution is -2.30. The van der Waals surface area contributed by atoms with Crippen molar-refractivity contribution in [3.05, 3.63) is 23.9 Å². The monoisotopic (exact) mass is 264 g/mol. The average Bonchev–Trinajstić information content (AvgIpc) is 2.93. The number of carbonyl (C=O) groups is 1. The van der Waals surface area contributed by atoms with Crippen molar-refractivity contribution < 1.29 is 14.3 Å². The van der Waals surface area contributed by atoms with E-state index >= 15 is 0 Å². The fourth-order valence-corrected chi connectivity index (χ4v) is 2.08. The second kappa shape index (κ2) is 6.52. The lowest BCUT2D eigenvalue weighted by atomic mass is 10.2. The molecular weight excluding hydrogens is 244 g/mol. The summed E-state index contributed by atoms with van der Waals surface area (Å²) in [5.74, 6) is 0.508. The quantitative estimate of drug-likeness (QED) is 0.812. The summed E-state index contributed by atoms with van der Waals surface area (Å²) in [7, 11) is 0. The Labute approximate surface area is 113 Å². The molecule has 19 heavy (non-hydrogen) atoms. The van der Waals surface area contributed by atoms with Crippen molar-refractivity contribution in [2.45, 2.75) is 26.4 Å². The number of ether oxygens (including phenoxy) is 2. The predicted octanol–water partition coefficient (Wildman–Crippen LogP) is 1.73. The van der Waals surface area contributed by atoms with Gasteiger partial charge in [0.15, 0.2) is 0 Å². The molecule has 2 rings (SSSR count). The third-order valence-electron chi connectivity index (χ3n) is 3.21. The summed E-state index contributed by atoms with van der Waals surface area (Å²) in [6.45, 7) is 6.65. The molecule has 104 valence electrons. The van der Waals surface area contributed by atoms with Gasteiger partial charge in [0.05, 0.1) is 13.2 Å². The highest BCUT2D eigenvalue weighted by Crippen LogP contribution is 2.16.